The maximum Gasteiger partial charge on any atom is 0.308 e. The van der Waals surface area contributed by atoms with E-state index in [2.05, 4.69) is 15.9 Å². The number of pyridine rings is 1. The summed E-state index contributed by atoms with van der Waals surface area (Å²) in [5, 5.41) is 8.90. The van der Waals surface area contributed by atoms with Gasteiger partial charge in [0.05, 0.1) is 5.92 Å². The van der Waals surface area contributed by atoms with Crippen LogP contribution in [0.4, 0.5) is 0 Å². The molecule has 0 unspecified atom stereocenters. The molecule has 0 bridgehead atoms. The van der Waals surface area contributed by atoms with E-state index in [-0.39, 0.29) is 24.4 Å². The minimum absolute atomic E-state index is 0.111. The molecule has 1 aliphatic heterocycles. The number of carboxylic acid groups (broad SMARTS) is 1. The van der Waals surface area contributed by atoms with Crippen LogP contribution in [-0.2, 0) is 16.1 Å². The molecule has 7 heteroatoms. The largest absolute Gasteiger partial charge is 0.481 e. The van der Waals surface area contributed by atoms with E-state index in [1.165, 1.54) is 10.6 Å². The number of rotatable bonds is 4. The molecule has 108 valence electrons. The van der Waals surface area contributed by atoms with Gasteiger partial charge in [-0.2, -0.15) is 0 Å². The number of amides is 1. The zero-order valence-electron chi connectivity index (χ0n) is 10.8. The summed E-state index contributed by atoms with van der Waals surface area (Å²) in [5.74, 6) is -1.43. The molecule has 0 aliphatic carbocycles. The van der Waals surface area contributed by atoms with Crippen LogP contribution in [0, 0.1) is 5.92 Å². The molecule has 1 aliphatic rings. The van der Waals surface area contributed by atoms with Crippen LogP contribution in [0.25, 0.3) is 0 Å². The molecular weight excluding hydrogens is 328 g/mol. The van der Waals surface area contributed by atoms with Crippen LogP contribution >= 0.6 is 15.9 Å². The summed E-state index contributed by atoms with van der Waals surface area (Å²) < 4.78 is 2.24. The number of aromatic nitrogens is 1. The molecule has 1 aromatic rings. The first-order chi connectivity index (χ1) is 9.47. The zero-order valence-corrected chi connectivity index (χ0v) is 12.4. The lowest BCUT2D eigenvalue weighted by Crippen LogP contribution is -2.31. The minimum atomic E-state index is -0.858. The summed E-state index contributed by atoms with van der Waals surface area (Å²) in [6, 6.07) is 3.09. The number of carbonyl (C=O) groups is 2. The van der Waals surface area contributed by atoms with Crippen molar-refractivity contribution >= 4 is 27.8 Å². The molecule has 0 saturated carbocycles. The van der Waals surface area contributed by atoms with Gasteiger partial charge >= 0.3 is 5.97 Å². The third kappa shape index (κ3) is 3.47. The fraction of sp³-hybridized carbons (Fsp3) is 0.462. The normalized spacial score (nSPS) is 18.2. The van der Waals surface area contributed by atoms with Crippen molar-refractivity contribution in [2.24, 2.45) is 5.92 Å². The molecule has 1 amide bonds. The standard InChI is InChI=1S/C13H15BrN2O4/c14-10-1-2-11(17)16(8-10)6-4-12(18)15-5-3-9(7-15)13(19)20/h1-2,8-9H,3-7H2,(H,19,20)/t9-/m1/s1. The molecule has 1 N–H and O–H groups in total. The Bertz CT molecular complexity index is 584. The molecule has 2 heterocycles. The van der Waals surface area contributed by atoms with Crippen LogP contribution in [0.3, 0.4) is 0 Å². The van der Waals surface area contributed by atoms with Crippen molar-refractivity contribution in [1.29, 1.82) is 0 Å². The number of halogens is 1. The second-order valence-corrected chi connectivity index (χ2v) is 5.71. The third-order valence-corrected chi connectivity index (χ3v) is 3.87. The van der Waals surface area contributed by atoms with Gasteiger partial charge in [-0.15, -0.1) is 0 Å². The van der Waals surface area contributed by atoms with E-state index in [1.54, 1.807) is 17.2 Å². The molecule has 1 saturated heterocycles. The Hall–Kier alpha value is -1.63. The van der Waals surface area contributed by atoms with E-state index in [9.17, 15) is 14.4 Å². The van der Waals surface area contributed by atoms with Gasteiger partial charge in [-0.1, -0.05) is 0 Å². The first-order valence-electron chi connectivity index (χ1n) is 6.34. The van der Waals surface area contributed by atoms with Crippen molar-refractivity contribution in [3.8, 4) is 0 Å². The van der Waals surface area contributed by atoms with Crippen LogP contribution in [-0.4, -0.2) is 39.5 Å². The Morgan fingerprint density at radius 2 is 2.15 bits per heavy atom. The van der Waals surface area contributed by atoms with Crippen LogP contribution in [0.5, 0.6) is 0 Å². The Morgan fingerprint density at radius 1 is 1.40 bits per heavy atom. The summed E-state index contributed by atoms with van der Waals surface area (Å²) in [4.78, 5) is 36.0. The van der Waals surface area contributed by atoms with Crippen molar-refractivity contribution in [3.05, 3.63) is 33.2 Å². The van der Waals surface area contributed by atoms with Crippen molar-refractivity contribution in [2.45, 2.75) is 19.4 Å². The van der Waals surface area contributed by atoms with Gasteiger partial charge in [-0.3, -0.25) is 14.4 Å². The number of aryl methyl sites for hydroxylation is 1. The van der Waals surface area contributed by atoms with E-state index in [1.807, 2.05) is 0 Å². The Labute approximate surface area is 124 Å². The second-order valence-electron chi connectivity index (χ2n) is 4.79. The van der Waals surface area contributed by atoms with Crippen molar-refractivity contribution in [1.82, 2.24) is 9.47 Å². The average molecular weight is 343 g/mol. The summed E-state index contributed by atoms with van der Waals surface area (Å²) in [5.41, 5.74) is -0.161. The Kier molecular flexibility index (Phi) is 4.59. The predicted octanol–water partition coefficient (Wildman–Crippen LogP) is 0.934. The summed E-state index contributed by atoms with van der Waals surface area (Å²) in [6.45, 7) is 1.04. The SMILES string of the molecule is O=C(O)[C@@H]1CCN(C(=O)CCn2cc(Br)ccc2=O)C1. The second kappa shape index (κ2) is 6.21. The molecule has 0 aromatic carbocycles. The van der Waals surface area contributed by atoms with Gasteiger partial charge in [-0.05, 0) is 28.4 Å². The number of carboxylic acids is 1. The lowest BCUT2D eigenvalue weighted by molar-refractivity contribution is -0.141. The quantitative estimate of drug-likeness (QED) is 0.882. The van der Waals surface area contributed by atoms with Gasteiger partial charge < -0.3 is 14.6 Å². The molecule has 0 spiro atoms. The van der Waals surface area contributed by atoms with E-state index in [4.69, 9.17) is 5.11 Å². The zero-order chi connectivity index (χ0) is 14.7. The topological polar surface area (TPSA) is 79.6 Å². The fourth-order valence-electron chi connectivity index (χ4n) is 2.24. The van der Waals surface area contributed by atoms with Gasteiger partial charge in [-0.25, -0.2) is 0 Å². The Morgan fingerprint density at radius 3 is 2.80 bits per heavy atom. The number of carbonyl (C=O) groups excluding carboxylic acids is 1. The summed E-state index contributed by atoms with van der Waals surface area (Å²) in [7, 11) is 0. The van der Waals surface area contributed by atoms with Gasteiger partial charge in [0.15, 0.2) is 0 Å². The maximum absolute atomic E-state index is 12.0. The predicted molar refractivity (Wildman–Crippen MR) is 75.3 cm³/mol. The average Bonchev–Trinajstić information content (AvgIpc) is 2.89. The number of hydrogen-bond acceptors (Lipinski definition) is 3. The first kappa shape index (κ1) is 14.8. The number of hydrogen-bond donors (Lipinski definition) is 1. The lowest BCUT2D eigenvalue weighted by atomic mass is 10.1. The lowest BCUT2D eigenvalue weighted by Gasteiger charge is -2.16. The van der Waals surface area contributed by atoms with Gasteiger partial charge in [0.25, 0.3) is 5.56 Å². The van der Waals surface area contributed by atoms with Crippen molar-refractivity contribution in [2.75, 3.05) is 13.1 Å². The highest BCUT2D eigenvalue weighted by atomic mass is 79.9. The highest BCUT2D eigenvalue weighted by molar-refractivity contribution is 9.10. The van der Waals surface area contributed by atoms with Crippen molar-refractivity contribution < 1.29 is 14.7 Å². The smallest absolute Gasteiger partial charge is 0.308 e. The van der Waals surface area contributed by atoms with Gasteiger partial charge in [0.2, 0.25) is 5.91 Å². The van der Waals surface area contributed by atoms with E-state index < -0.39 is 11.9 Å². The molecule has 0 radical (unpaired) electrons. The molecule has 1 aromatic heterocycles. The molecule has 2 rings (SSSR count). The van der Waals surface area contributed by atoms with E-state index >= 15 is 0 Å². The third-order valence-electron chi connectivity index (χ3n) is 3.40. The van der Waals surface area contributed by atoms with Gasteiger partial charge in [0.1, 0.15) is 0 Å². The molecule has 1 fully saturated rings. The summed E-state index contributed by atoms with van der Waals surface area (Å²) >= 11 is 3.27. The Balaban J connectivity index is 1.91. The van der Waals surface area contributed by atoms with Crippen molar-refractivity contribution in [3.63, 3.8) is 0 Å². The number of nitrogens with zero attached hydrogens (tertiary/aromatic N) is 2. The van der Waals surface area contributed by atoms with Crippen LogP contribution in [0.2, 0.25) is 0 Å². The van der Waals surface area contributed by atoms with Crippen LogP contribution < -0.4 is 5.56 Å². The van der Waals surface area contributed by atoms with Crippen LogP contribution in [0.15, 0.2) is 27.6 Å². The molecule has 20 heavy (non-hydrogen) atoms. The molecule has 6 nitrogen and oxygen atoms in total. The van der Waals surface area contributed by atoms with E-state index in [0.29, 0.717) is 19.5 Å². The maximum atomic E-state index is 12.0. The first-order valence-corrected chi connectivity index (χ1v) is 7.13. The molecule has 1 atom stereocenters. The fourth-order valence-corrected chi connectivity index (χ4v) is 2.62. The molecular formula is C13H15BrN2O4. The minimum Gasteiger partial charge on any atom is -0.481 e. The highest BCUT2D eigenvalue weighted by Gasteiger charge is 2.30. The van der Waals surface area contributed by atoms with Gasteiger partial charge in [0, 0.05) is 42.8 Å². The monoisotopic (exact) mass is 342 g/mol. The summed E-state index contributed by atoms with van der Waals surface area (Å²) in [6.07, 6.45) is 2.33. The van der Waals surface area contributed by atoms with E-state index in [0.717, 1.165) is 4.47 Å². The highest BCUT2D eigenvalue weighted by Crippen LogP contribution is 2.17. The number of likely N-dealkylation sites (tertiary alicyclic amines) is 1. The van der Waals surface area contributed by atoms with Crippen LogP contribution in [0.1, 0.15) is 12.8 Å². The number of aliphatic carboxylic acids is 1.